The first-order chi connectivity index (χ1) is 10.9. The monoisotopic (exact) mass is 331 g/mol. The van der Waals surface area contributed by atoms with Gasteiger partial charge < -0.3 is 15.0 Å². The molecule has 5 nitrogen and oxygen atoms in total. The molecule has 1 amide bonds. The minimum absolute atomic E-state index is 0.162. The lowest BCUT2D eigenvalue weighted by Gasteiger charge is -2.33. The number of H-pyrrole nitrogens is 1. The zero-order chi connectivity index (χ0) is 16.6. The molecule has 1 aliphatic rings. The molecule has 2 N–H and O–H groups in total. The van der Waals surface area contributed by atoms with Gasteiger partial charge in [-0.3, -0.25) is 4.79 Å². The Balaban J connectivity index is 1.76. The second-order valence-electron chi connectivity index (χ2n) is 6.28. The van der Waals surface area contributed by atoms with E-state index in [9.17, 15) is 4.79 Å². The van der Waals surface area contributed by atoms with Crippen molar-refractivity contribution < 1.29 is 9.53 Å². The summed E-state index contributed by atoms with van der Waals surface area (Å²) in [6.45, 7) is 4.86. The van der Waals surface area contributed by atoms with Crippen LogP contribution in [0.2, 0.25) is 5.02 Å². The van der Waals surface area contributed by atoms with Gasteiger partial charge in [0.2, 0.25) is 5.91 Å². The van der Waals surface area contributed by atoms with Crippen LogP contribution in [0, 0.1) is 16.7 Å². The fraction of sp³-hybridized carbons (Fsp3) is 0.412. The highest BCUT2D eigenvalue weighted by Gasteiger charge is 2.46. The second kappa shape index (κ2) is 5.88. The number of carbonyl (C=O) groups is 1. The van der Waals surface area contributed by atoms with Gasteiger partial charge in [-0.2, -0.15) is 5.26 Å². The predicted molar refractivity (Wildman–Crippen MR) is 88.1 cm³/mol. The molecule has 0 aliphatic carbocycles. The topological polar surface area (TPSA) is 77.9 Å². The van der Waals surface area contributed by atoms with Crippen LogP contribution in [0.25, 0.3) is 10.9 Å². The van der Waals surface area contributed by atoms with Crippen LogP contribution in [0.3, 0.4) is 0 Å². The molecule has 23 heavy (non-hydrogen) atoms. The summed E-state index contributed by atoms with van der Waals surface area (Å²) in [7, 11) is 0. The highest BCUT2D eigenvalue weighted by Crippen LogP contribution is 2.30. The van der Waals surface area contributed by atoms with Crippen LogP contribution in [0.15, 0.2) is 18.2 Å². The second-order valence-corrected chi connectivity index (χ2v) is 6.69. The highest BCUT2D eigenvalue weighted by molar-refractivity contribution is 6.32. The van der Waals surface area contributed by atoms with Gasteiger partial charge in [0, 0.05) is 21.6 Å². The largest absolute Gasteiger partial charge is 0.377 e. The summed E-state index contributed by atoms with van der Waals surface area (Å²) in [5, 5.41) is 13.7. The van der Waals surface area contributed by atoms with Gasteiger partial charge in [0.05, 0.1) is 25.8 Å². The third-order valence-corrected chi connectivity index (χ3v) is 4.53. The molecule has 0 unspecified atom stereocenters. The zero-order valence-corrected chi connectivity index (χ0v) is 13.8. The molecule has 0 bridgehead atoms. The Kier molecular flexibility index (Phi) is 4.05. The number of nitrogens with zero attached hydrogens (tertiary/aromatic N) is 1. The number of ether oxygens (including phenoxy) is 1. The maximum absolute atomic E-state index is 12.1. The molecule has 3 rings (SSSR count). The molecular weight excluding hydrogens is 314 g/mol. The molecule has 120 valence electrons. The summed E-state index contributed by atoms with van der Waals surface area (Å²) >= 11 is 6.31. The number of fused-ring (bicyclic) bond motifs is 1. The van der Waals surface area contributed by atoms with E-state index in [1.165, 1.54) is 0 Å². The van der Waals surface area contributed by atoms with E-state index >= 15 is 0 Å². The van der Waals surface area contributed by atoms with Crippen molar-refractivity contribution >= 4 is 28.4 Å². The number of rotatable bonds is 4. The van der Waals surface area contributed by atoms with Gasteiger partial charge >= 0.3 is 0 Å². The van der Waals surface area contributed by atoms with E-state index in [2.05, 4.69) is 24.1 Å². The van der Waals surface area contributed by atoms with E-state index in [0.29, 0.717) is 12.5 Å². The standard InChI is InChI=1S/C17H18ClN3O2/c1-10(2)13-5-15-11(4-14(13)18)3-12(21-15)6-20-16(22)17(7-19)8-23-9-17/h3-5,10,21H,6,8-9H2,1-2H3,(H,20,22). The number of aromatic amines is 1. The first-order valence-corrected chi connectivity index (χ1v) is 7.91. The van der Waals surface area contributed by atoms with Gasteiger partial charge in [0.1, 0.15) is 0 Å². The fourth-order valence-corrected chi connectivity index (χ4v) is 3.06. The molecule has 2 aromatic rings. The van der Waals surface area contributed by atoms with Crippen LogP contribution in [-0.2, 0) is 16.1 Å². The molecule has 2 heterocycles. The van der Waals surface area contributed by atoms with E-state index in [-0.39, 0.29) is 19.1 Å². The Morgan fingerprint density at radius 3 is 2.78 bits per heavy atom. The molecule has 1 aromatic heterocycles. The number of aromatic nitrogens is 1. The van der Waals surface area contributed by atoms with Crippen LogP contribution >= 0.6 is 11.6 Å². The predicted octanol–water partition coefficient (Wildman–Crippen LogP) is 3.10. The number of nitrogens with one attached hydrogen (secondary N) is 2. The van der Waals surface area contributed by atoms with Gasteiger partial charge in [-0.1, -0.05) is 25.4 Å². The highest BCUT2D eigenvalue weighted by atomic mass is 35.5. The number of benzene rings is 1. The number of nitriles is 1. The lowest BCUT2D eigenvalue weighted by molar-refractivity contribution is -0.150. The van der Waals surface area contributed by atoms with E-state index < -0.39 is 5.41 Å². The molecule has 0 radical (unpaired) electrons. The first-order valence-electron chi connectivity index (χ1n) is 7.53. The van der Waals surface area contributed by atoms with Crippen molar-refractivity contribution in [3.05, 3.63) is 34.5 Å². The lowest BCUT2D eigenvalue weighted by Crippen LogP contribution is -2.52. The molecule has 1 aromatic carbocycles. The molecule has 1 aliphatic heterocycles. The summed E-state index contributed by atoms with van der Waals surface area (Å²) < 4.78 is 4.99. The zero-order valence-electron chi connectivity index (χ0n) is 13.1. The van der Waals surface area contributed by atoms with E-state index in [4.69, 9.17) is 21.6 Å². The van der Waals surface area contributed by atoms with Gasteiger partial charge in [-0.25, -0.2) is 0 Å². The number of hydrogen-bond donors (Lipinski definition) is 2. The number of amides is 1. The van der Waals surface area contributed by atoms with E-state index in [1.54, 1.807) is 0 Å². The Labute approximate surface area is 139 Å². The number of carbonyl (C=O) groups excluding carboxylic acids is 1. The number of hydrogen-bond acceptors (Lipinski definition) is 3. The average Bonchev–Trinajstić information content (AvgIpc) is 2.85. The van der Waals surface area contributed by atoms with Crippen LogP contribution in [0.1, 0.15) is 31.0 Å². The Hall–Kier alpha value is -2.03. The molecule has 1 saturated heterocycles. The maximum atomic E-state index is 12.1. The quantitative estimate of drug-likeness (QED) is 0.903. The summed E-state index contributed by atoms with van der Waals surface area (Å²) in [6, 6.07) is 7.98. The van der Waals surface area contributed by atoms with Crippen LogP contribution in [0.5, 0.6) is 0 Å². The maximum Gasteiger partial charge on any atom is 0.245 e. The van der Waals surface area contributed by atoms with Crippen molar-refractivity contribution in [3.8, 4) is 6.07 Å². The van der Waals surface area contributed by atoms with Gasteiger partial charge in [-0.15, -0.1) is 0 Å². The molecule has 0 atom stereocenters. The molecule has 1 fully saturated rings. The van der Waals surface area contributed by atoms with E-state index in [0.717, 1.165) is 27.2 Å². The molecular formula is C17H18ClN3O2. The average molecular weight is 332 g/mol. The Bertz CT molecular complexity index is 800. The van der Waals surface area contributed by atoms with Crippen LogP contribution in [0.4, 0.5) is 0 Å². The van der Waals surface area contributed by atoms with Crippen LogP contribution < -0.4 is 5.32 Å². The summed E-state index contributed by atoms with van der Waals surface area (Å²) in [5.41, 5.74) is 1.93. The fourth-order valence-electron chi connectivity index (χ4n) is 2.66. The molecule has 0 saturated carbocycles. The van der Waals surface area contributed by atoms with Crippen molar-refractivity contribution in [3.63, 3.8) is 0 Å². The molecule has 6 heteroatoms. The lowest BCUT2D eigenvalue weighted by atomic mass is 9.87. The van der Waals surface area contributed by atoms with Crippen molar-refractivity contribution in [1.82, 2.24) is 10.3 Å². The third-order valence-electron chi connectivity index (χ3n) is 4.20. The minimum atomic E-state index is -1.03. The van der Waals surface area contributed by atoms with Crippen LogP contribution in [-0.4, -0.2) is 24.1 Å². The Morgan fingerprint density at radius 2 is 2.22 bits per heavy atom. The summed E-state index contributed by atoms with van der Waals surface area (Å²) in [5.74, 6) is 0.0539. The smallest absolute Gasteiger partial charge is 0.245 e. The van der Waals surface area contributed by atoms with E-state index in [1.807, 2.05) is 24.3 Å². The SMILES string of the molecule is CC(C)c1cc2[nH]c(CNC(=O)C3(C#N)COC3)cc2cc1Cl. The first kappa shape index (κ1) is 15.9. The van der Waals surface area contributed by atoms with Gasteiger partial charge in [-0.05, 0) is 29.7 Å². The van der Waals surface area contributed by atoms with Gasteiger partial charge in [0.15, 0.2) is 5.41 Å². The van der Waals surface area contributed by atoms with Crippen molar-refractivity contribution in [2.75, 3.05) is 13.2 Å². The van der Waals surface area contributed by atoms with Crippen molar-refractivity contribution in [2.45, 2.75) is 26.3 Å². The summed E-state index contributed by atoms with van der Waals surface area (Å²) in [4.78, 5) is 15.4. The van der Waals surface area contributed by atoms with Crippen molar-refractivity contribution in [1.29, 1.82) is 5.26 Å². The normalized spacial score (nSPS) is 16.1. The third kappa shape index (κ3) is 2.80. The van der Waals surface area contributed by atoms with Gasteiger partial charge in [0.25, 0.3) is 0 Å². The minimum Gasteiger partial charge on any atom is -0.377 e. The number of halogens is 1. The van der Waals surface area contributed by atoms with Crippen molar-refractivity contribution in [2.24, 2.45) is 5.41 Å². The Morgan fingerprint density at radius 1 is 1.48 bits per heavy atom. The summed E-state index contributed by atoms with van der Waals surface area (Å²) in [6.07, 6.45) is 0. The molecule has 0 spiro atoms.